The van der Waals surface area contributed by atoms with Crippen LogP contribution in [0.15, 0.2) is 54.6 Å². The van der Waals surface area contributed by atoms with Gasteiger partial charge in [0.05, 0.1) is 12.0 Å². The Morgan fingerprint density at radius 2 is 1.57 bits per heavy atom. The van der Waals surface area contributed by atoms with Gasteiger partial charge in [0, 0.05) is 12.1 Å². The van der Waals surface area contributed by atoms with Crippen LogP contribution in [0.5, 0.6) is 0 Å². The van der Waals surface area contributed by atoms with E-state index in [1.807, 2.05) is 30.3 Å². The Bertz CT molecular complexity index is 652. The average Bonchev–Trinajstić information content (AvgIpc) is 2.54. The molecule has 0 amide bonds. The van der Waals surface area contributed by atoms with E-state index >= 15 is 0 Å². The topological polar surface area (TPSA) is 69.4 Å². The van der Waals surface area contributed by atoms with E-state index in [0.717, 1.165) is 5.56 Å². The number of carbonyl (C=O) groups excluding carboxylic acids is 1. The number of esters is 1. The van der Waals surface area contributed by atoms with Gasteiger partial charge < -0.3 is 4.74 Å². The van der Waals surface area contributed by atoms with E-state index in [-0.39, 0.29) is 5.69 Å². The Labute approximate surface area is 122 Å². The van der Waals surface area contributed by atoms with Crippen molar-refractivity contribution >= 4 is 11.7 Å². The summed E-state index contributed by atoms with van der Waals surface area (Å²) >= 11 is 0. The molecule has 2 aromatic rings. The fraction of sp³-hybridized carbons (Fsp3) is 0.188. The van der Waals surface area contributed by atoms with E-state index in [1.54, 1.807) is 19.1 Å². The summed E-state index contributed by atoms with van der Waals surface area (Å²) in [5.74, 6) is -0.414. The molecule has 0 saturated heterocycles. The molecule has 21 heavy (non-hydrogen) atoms. The van der Waals surface area contributed by atoms with Crippen LogP contribution in [-0.2, 0) is 14.9 Å². The summed E-state index contributed by atoms with van der Waals surface area (Å²) in [6, 6.07) is 15.1. The highest BCUT2D eigenvalue weighted by Gasteiger charge is 2.38. The van der Waals surface area contributed by atoms with Crippen molar-refractivity contribution in [3.05, 3.63) is 75.8 Å². The zero-order valence-electron chi connectivity index (χ0n) is 11.8. The maximum atomic E-state index is 12.3. The van der Waals surface area contributed by atoms with Crippen molar-refractivity contribution in [1.82, 2.24) is 0 Å². The molecule has 0 unspecified atom stereocenters. The molecule has 2 rings (SSSR count). The lowest BCUT2D eigenvalue weighted by Gasteiger charge is -2.27. The van der Waals surface area contributed by atoms with Crippen LogP contribution < -0.4 is 0 Å². The van der Waals surface area contributed by atoms with Gasteiger partial charge in [-0.05, 0) is 18.1 Å². The third-order valence-corrected chi connectivity index (χ3v) is 3.60. The number of carbonyl (C=O) groups is 1. The second kappa shape index (κ2) is 5.75. The van der Waals surface area contributed by atoms with Crippen molar-refractivity contribution in [2.24, 2.45) is 0 Å². The SMILES string of the molecule is COC(=O)[C@@](C)(c1ccccc1)c1ccc([N+](=O)[O-])cc1. The molecular formula is C16H15NO4. The number of rotatable bonds is 4. The molecule has 0 heterocycles. The maximum absolute atomic E-state index is 12.3. The summed E-state index contributed by atoms with van der Waals surface area (Å²) in [5, 5.41) is 10.7. The first-order valence-electron chi connectivity index (χ1n) is 6.39. The van der Waals surface area contributed by atoms with E-state index in [2.05, 4.69) is 0 Å². The van der Waals surface area contributed by atoms with Crippen LogP contribution >= 0.6 is 0 Å². The van der Waals surface area contributed by atoms with Gasteiger partial charge in [-0.25, -0.2) is 0 Å². The predicted molar refractivity (Wildman–Crippen MR) is 78.0 cm³/mol. The molecular weight excluding hydrogens is 270 g/mol. The smallest absolute Gasteiger partial charge is 0.320 e. The maximum Gasteiger partial charge on any atom is 0.320 e. The first-order valence-corrected chi connectivity index (χ1v) is 6.39. The van der Waals surface area contributed by atoms with Gasteiger partial charge in [0.1, 0.15) is 5.41 Å². The molecule has 0 saturated carbocycles. The van der Waals surface area contributed by atoms with Crippen LogP contribution in [0.4, 0.5) is 5.69 Å². The molecule has 1 atom stereocenters. The summed E-state index contributed by atoms with van der Waals surface area (Å²) < 4.78 is 4.93. The second-order valence-corrected chi connectivity index (χ2v) is 4.79. The Balaban J connectivity index is 2.55. The van der Waals surface area contributed by atoms with Gasteiger partial charge in [-0.15, -0.1) is 0 Å². The molecule has 2 aromatic carbocycles. The van der Waals surface area contributed by atoms with Crippen molar-refractivity contribution in [2.45, 2.75) is 12.3 Å². The third kappa shape index (κ3) is 2.63. The van der Waals surface area contributed by atoms with Crippen molar-refractivity contribution in [2.75, 3.05) is 7.11 Å². The Hall–Kier alpha value is -2.69. The van der Waals surface area contributed by atoms with Crippen LogP contribution in [0.1, 0.15) is 18.1 Å². The number of methoxy groups -OCH3 is 1. The zero-order chi connectivity index (χ0) is 15.5. The fourth-order valence-electron chi connectivity index (χ4n) is 2.29. The molecule has 0 aliphatic heterocycles. The van der Waals surface area contributed by atoms with Gasteiger partial charge in [-0.1, -0.05) is 42.5 Å². The largest absolute Gasteiger partial charge is 0.468 e. The number of nitrogens with zero attached hydrogens (tertiary/aromatic N) is 1. The molecule has 0 spiro atoms. The lowest BCUT2D eigenvalue weighted by Crippen LogP contribution is -2.35. The second-order valence-electron chi connectivity index (χ2n) is 4.79. The number of ether oxygens (including phenoxy) is 1. The average molecular weight is 285 g/mol. The molecule has 0 N–H and O–H groups in total. The lowest BCUT2D eigenvalue weighted by molar-refractivity contribution is -0.384. The van der Waals surface area contributed by atoms with E-state index in [0.29, 0.717) is 5.56 Å². The molecule has 0 fully saturated rings. The highest BCUT2D eigenvalue weighted by molar-refractivity contribution is 5.87. The fourth-order valence-corrected chi connectivity index (χ4v) is 2.29. The van der Waals surface area contributed by atoms with Crippen molar-refractivity contribution < 1.29 is 14.5 Å². The molecule has 0 bridgehead atoms. The molecule has 5 nitrogen and oxygen atoms in total. The molecule has 0 radical (unpaired) electrons. The molecule has 108 valence electrons. The summed E-state index contributed by atoms with van der Waals surface area (Å²) in [4.78, 5) is 22.6. The Morgan fingerprint density at radius 3 is 2.05 bits per heavy atom. The summed E-state index contributed by atoms with van der Waals surface area (Å²) in [5.41, 5.74) is 0.390. The van der Waals surface area contributed by atoms with Crippen molar-refractivity contribution in [3.63, 3.8) is 0 Å². The zero-order valence-corrected chi connectivity index (χ0v) is 11.8. The van der Waals surface area contributed by atoms with Gasteiger partial charge in [-0.2, -0.15) is 0 Å². The minimum absolute atomic E-state index is 0.0148. The number of non-ortho nitro benzene ring substituents is 1. The van der Waals surface area contributed by atoms with Crippen LogP contribution in [-0.4, -0.2) is 18.0 Å². The van der Waals surface area contributed by atoms with Gasteiger partial charge in [0.25, 0.3) is 5.69 Å². The monoisotopic (exact) mass is 285 g/mol. The van der Waals surface area contributed by atoms with Crippen LogP contribution in [0, 0.1) is 10.1 Å². The van der Waals surface area contributed by atoms with Crippen molar-refractivity contribution in [3.8, 4) is 0 Å². The van der Waals surface area contributed by atoms with Gasteiger partial charge in [0.15, 0.2) is 0 Å². The van der Waals surface area contributed by atoms with Crippen LogP contribution in [0.25, 0.3) is 0 Å². The van der Waals surface area contributed by atoms with E-state index in [4.69, 9.17) is 4.74 Å². The number of hydrogen-bond acceptors (Lipinski definition) is 4. The number of nitro benzene ring substituents is 1. The third-order valence-electron chi connectivity index (χ3n) is 3.60. The van der Waals surface area contributed by atoms with E-state index in [1.165, 1.54) is 19.2 Å². The number of hydrogen-bond donors (Lipinski definition) is 0. The standard InChI is InChI=1S/C16H15NO4/c1-16(15(18)21-2,12-6-4-3-5-7-12)13-8-10-14(11-9-13)17(19)20/h3-11H,1-2H3/t16-/m0/s1. The summed E-state index contributed by atoms with van der Waals surface area (Å²) in [7, 11) is 1.33. The molecule has 0 aromatic heterocycles. The predicted octanol–water partition coefficient (Wildman–Crippen LogP) is 3.07. The van der Waals surface area contributed by atoms with E-state index < -0.39 is 16.3 Å². The first kappa shape index (κ1) is 14.7. The van der Waals surface area contributed by atoms with E-state index in [9.17, 15) is 14.9 Å². The minimum Gasteiger partial charge on any atom is -0.468 e. The normalized spacial score (nSPS) is 13.2. The molecule has 0 aliphatic carbocycles. The highest BCUT2D eigenvalue weighted by atomic mass is 16.6. The Kier molecular flexibility index (Phi) is 4.03. The van der Waals surface area contributed by atoms with Crippen LogP contribution in [0.2, 0.25) is 0 Å². The first-order chi connectivity index (χ1) is 10.00. The highest BCUT2D eigenvalue weighted by Crippen LogP contribution is 2.34. The molecule has 0 aliphatic rings. The van der Waals surface area contributed by atoms with Crippen LogP contribution in [0.3, 0.4) is 0 Å². The summed E-state index contributed by atoms with van der Waals surface area (Å²) in [6.45, 7) is 1.75. The van der Waals surface area contributed by atoms with Gasteiger partial charge in [-0.3, -0.25) is 14.9 Å². The summed E-state index contributed by atoms with van der Waals surface area (Å²) in [6.07, 6.45) is 0. The van der Waals surface area contributed by atoms with Gasteiger partial charge in [0.2, 0.25) is 0 Å². The Morgan fingerprint density at radius 1 is 1.05 bits per heavy atom. The number of benzene rings is 2. The number of nitro groups is 1. The quantitative estimate of drug-likeness (QED) is 0.492. The van der Waals surface area contributed by atoms with Crippen molar-refractivity contribution in [1.29, 1.82) is 0 Å². The molecule has 5 heteroatoms. The minimum atomic E-state index is -1.01. The lowest BCUT2D eigenvalue weighted by atomic mass is 9.76. The van der Waals surface area contributed by atoms with Gasteiger partial charge >= 0.3 is 5.97 Å².